The van der Waals surface area contributed by atoms with Crippen LogP contribution in [0.4, 0.5) is 13.2 Å². The first kappa shape index (κ1) is 20.9. The minimum atomic E-state index is -4.53. The Hall–Kier alpha value is -3.00. The summed E-state index contributed by atoms with van der Waals surface area (Å²) < 4.78 is 40.1. The van der Waals surface area contributed by atoms with Crippen molar-refractivity contribution in [3.05, 3.63) is 76.0 Å². The van der Waals surface area contributed by atoms with Crippen LogP contribution in [-0.4, -0.2) is 39.8 Å². The largest absolute Gasteiger partial charge is 0.433 e. The van der Waals surface area contributed by atoms with Crippen LogP contribution in [0, 0.1) is 5.92 Å². The summed E-state index contributed by atoms with van der Waals surface area (Å²) >= 11 is 0. The van der Waals surface area contributed by atoms with Gasteiger partial charge >= 0.3 is 6.18 Å². The fourth-order valence-corrected chi connectivity index (χ4v) is 4.70. The molecule has 1 saturated heterocycles. The van der Waals surface area contributed by atoms with E-state index in [-0.39, 0.29) is 16.3 Å². The highest BCUT2D eigenvalue weighted by molar-refractivity contribution is 6.05. The summed E-state index contributed by atoms with van der Waals surface area (Å²) in [6, 6.07) is 10.9. The Morgan fingerprint density at radius 1 is 1.06 bits per heavy atom. The van der Waals surface area contributed by atoms with Gasteiger partial charge in [0.2, 0.25) is 0 Å². The molecule has 5 nitrogen and oxygen atoms in total. The number of nitrogens with zero attached hydrogens (tertiary/aromatic N) is 4. The van der Waals surface area contributed by atoms with Crippen LogP contribution < -0.4 is 5.56 Å². The molecule has 2 aliphatic heterocycles. The first-order valence-corrected chi connectivity index (χ1v) is 10.8. The van der Waals surface area contributed by atoms with Gasteiger partial charge in [0.25, 0.3) is 5.56 Å². The van der Waals surface area contributed by atoms with Crippen LogP contribution >= 0.6 is 0 Å². The molecule has 0 bridgehead atoms. The van der Waals surface area contributed by atoms with Crippen molar-refractivity contribution >= 4 is 16.5 Å². The average Bonchev–Trinajstić information content (AvgIpc) is 3.22. The molecule has 1 aromatic carbocycles. The van der Waals surface area contributed by atoms with Crippen molar-refractivity contribution < 1.29 is 13.2 Å². The molecule has 3 aromatic rings. The fourth-order valence-electron chi connectivity index (χ4n) is 4.70. The predicted octanol–water partition coefficient (Wildman–Crippen LogP) is 4.13. The lowest BCUT2D eigenvalue weighted by atomic mass is 9.88. The zero-order chi connectivity index (χ0) is 22.3. The van der Waals surface area contributed by atoms with E-state index < -0.39 is 11.9 Å². The van der Waals surface area contributed by atoms with Crippen LogP contribution in [0.5, 0.6) is 0 Å². The lowest BCUT2D eigenvalue weighted by molar-refractivity contribution is -0.141. The molecule has 4 heterocycles. The maximum absolute atomic E-state index is 12.9. The number of alkyl halides is 3. The highest BCUT2D eigenvalue weighted by atomic mass is 19.4. The lowest BCUT2D eigenvalue weighted by Crippen LogP contribution is -2.39. The summed E-state index contributed by atoms with van der Waals surface area (Å²) in [7, 11) is 0. The number of fused-ring (bicyclic) bond motifs is 2. The molecule has 32 heavy (non-hydrogen) atoms. The number of halogens is 3. The summed E-state index contributed by atoms with van der Waals surface area (Å²) in [5.74, 6) is 0.465. The van der Waals surface area contributed by atoms with Crippen LogP contribution in [-0.2, 0) is 19.3 Å². The molecule has 0 amide bonds. The topological polar surface area (TPSA) is 50.5 Å². The second kappa shape index (κ2) is 8.16. The SMILES string of the molecule is O=c1c2cnc(C(F)(F)F)cc2ccn1CCN1CCC(C2=NCc3ccccc32)CC1. The first-order chi connectivity index (χ1) is 15.4. The minimum Gasteiger partial charge on any atom is -0.314 e. The van der Waals surface area contributed by atoms with Crippen molar-refractivity contribution in [3.63, 3.8) is 0 Å². The number of benzene rings is 1. The molecule has 5 rings (SSSR count). The van der Waals surface area contributed by atoms with E-state index in [1.807, 2.05) is 0 Å². The molecular formula is C24H23F3N4O. The van der Waals surface area contributed by atoms with Crippen molar-refractivity contribution in [3.8, 4) is 0 Å². The monoisotopic (exact) mass is 440 g/mol. The molecule has 2 aliphatic rings. The number of aliphatic imine (C=N–C) groups is 1. The van der Waals surface area contributed by atoms with E-state index in [1.54, 1.807) is 16.8 Å². The average molecular weight is 440 g/mol. The van der Waals surface area contributed by atoms with E-state index in [0.717, 1.165) is 51.3 Å². The van der Waals surface area contributed by atoms with Crippen molar-refractivity contribution in [2.24, 2.45) is 10.9 Å². The van der Waals surface area contributed by atoms with Gasteiger partial charge in [-0.05, 0) is 49.0 Å². The van der Waals surface area contributed by atoms with E-state index in [4.69, 9.17) is 4.99 Å². The van der Waals surface area contributed by atoms with Crippen LogP contribution in [0.1, 0.15) is 29.7 Å². The van der Waals surface area contributed by atoms with E-state index in [0.29, 0.717) is 12.5 Å². The number of pyridine rings is 2. The van der Waals surface area contributed by atoms with Gasteiger partial charge in [-0.15, -0.1) is 0 Å². The molecule has 0 aliphatic carbocycles. The zero-order valence-electron chi connectivity index (χ0n) is 17.5. The second-order valence-electron chi connectivity index (χ2n) is 8.44. The quantitative estimate of drug-likeness (QED) is 0.613. The molecule has 0 saturated carbocycles. The highest BCUT2D eigenvalue weighted by Gasteiger charge is 2.32. The van der Waals surface area contributed by atoms with E-state index in [2.05, 4.69) is 34.1 Å². The number of piperidine rings is 1. The number of aromatic nitrogens is 2. The van der Waals surface area contributed by atoms with Crippen molar-refractivity contribution in [1.29, 1.82) is 0 Å². The third kappa shape index (κ3) is 3.95. The molecule has 2 aromatic heterocycles. The Morgan fingerprint density at radius 3 is 2.62 bits per heavy atom. The van der Waals surface area contributed by atoms with Crippen molar-refractivity contribution in [2.45, 2.75) is 32.1 Å². The Bertz CT molecular complexity index is 1240. The highest BCUT2D eigenvalue weighted by Crippen LogP contribution is 2.30. The van der Waals surface area contributed by atoms with E-state index >= 15 is 0 Å². The fraction of sp³-hybridized carbons (Fsp3) is 0.375. The molecule has 0 radical (unpaired) electrons. The lowest BCUT2D eigenvalue weighted by Gasteiger charge is -2.32. The van der Waals surface area contributed by atoms with Crippen LogP contribution in [0.25, 0.3) is 10.8 Å². The minimum absolute atomic E-state index is 0.206. The second-order valence-corrected chi connectivity index (χ2v) is 8.44. The Morgan fingerprint density at radius 2 is 1.84 bits per heavy atom. The van der Waals surface area contributed by atoms with Gasteiger partial charge in [0.05, 0.1) is 11.9 Å². The molecular weight excluding hydrogens is 417 g/mol. The smallest absolute Gasteiger partial charge is 0.314 e. The third-order valence-electron chi connectivity index (χ3n) is 6.50. The number of hydrogen-bond donors (Lipinski definition) is 0. The Balaban J connectivity index is 1.22. The molecule has 0 unspecified atom stereocenters. The maximum Gasteiger partial charge on any atom is 0.433 e. The van der Waals surface area contributed by atoms with E-state index in [9.17, 15) is 18.0 Å². The third-order valence-corrected chi connectivity index (χ3v) is 6.50. The Kier molecular flexibility index (Phi) is 5.33. The summed E-state index contributed by atoms with van der Waals surface area (Å²) in [5, 5.41) is 0.462. The molecule has 0 spiro atoms. The Labute approximate surface area is 183 Å². The van der Waals surface area contributed by atoms with Gasteiger partial charge < -0.3 is 9.47 Å². The van der Waals surface area contributed by atoms with Crippen molar-refractivity contribution in [2.75, 3.05) is 19.6 Å². The number of likely N-dealkylation sites (tertiary alicyclic amines) is 1. The zero-order valence-corrected chi connectivity index (χ0v) is 17.5. The standard InChI is InChI=1S/C24H23F3N4O/c25-24(26,27)21-13-17-7-10-31(23(32)20(17)15-28-21)12-11-30-8-5-16(6-9-30)22-19-4-2-1-3-18(19)14-29-22/h1-4,7,10,13,15-16H,5-6,8-9,11-12,14H2. The van der Waals surface area contributed by atoms with Crippen LogP contribution in [0.15, 0.2) is 58.6 Å². The summed E-state index contributed by atoms with van der Waals surface area (Å²) in [5.41, 5.74) is 2.53. The number of hydrogen-bond acceptors (Lipinski definition) is 4. The van der Waals surface area contributed by atoms with Gasteiger partial charge in [0.1, 0.15) is 5.69 Å². The molecule has 0 N–H and O–H groups in total. The van der Waals surface area contributed by atoms with Gasteiger partial charge in [-0.1, -0.05) is 24.3 Å². The van der Waals surface area contributed by atoms with E-state index in [1.165, 1.54) is 16.8 Å². The normalized spacial score (nSPS) is 17.5. The van der Waals surface area contributed by atoms with Crippen LogP contribution in [0.3, 0.4) is 0 Å². The first-order valence-electron chi connectivity index (χ1n) is 10.8. The van der Waals surface area contributed by atoms with Crippen LogP contribution in [0.2, 0.25) is 0 Å². The molecule has 1 fully saturated rings. The van der Waals surface area contributed by atoms with Crippen molar-refractivity contribution in [1.82, 2.24) is 14.5 Å². The summed E-state index contributed by atoms with van der Waals surface area (Å²) in [4.78, 5) is 23.3. The van der Waals surface area contributed by atoms with Gasteiger partial charge in [-0.25, -0.2) is 0 Å². The number of rotatable bonds is 4. The van der Waals surface area contributed by atoms with Gasteiger partial charge in [0, 0.05) is 42.7 Å². The maximum atomic E-state index is 12.9. The molecule has 8 heteroatoms. The summed E-state index contributed by atoms with van der Waals surface area (Å²) in [6.45, 7) is 3.85. The molecule has 166 valence electrons. The predicted molar refractivity (Wildman–Crippen MR) is 117 cm³/mol. The summed E-state index contributed by atoms with van der Waals surface area (Å²) in [6.07, 6.45) is 0.138. The van der Waals surface area contributed by atoms with Gasteiger partial charge in [-0.2, -0.15) is 13.2 Å². The van der Waals surface area contributed by atoms with Gasteiger partial charge in [-0.3, -0.25) is 14.8 Å². The molecule has 0 atom stereocenters. The van der Waals surface area contributed by atoms with Gasteiger partial charge in [0.15, 0.2) is 0 Å².